The summed E-state index contributed by atoms with van der Waals surface area (Å²) in [6.45, 7) is 0.296. The Hall–Kier alpha value is -3.43. The molecule has 0 aliphatic carbocycles. The minimum absolute atomic E-state index is 0.254. The molecular formula is C25H25FN4O3S. The zero-order valence-electron chi connectivity index (χ0n) is 18.8. The Morgan fingerprint density at radius 2 is 1.85 bits per heavy atom. The van der Waals surface area contributed by atoms with Crippen LogP contribution in [0, 0.1) is 5.82 Å². The Balaban J connectivity index is 1.51. The van der Waals surface area contributed by atoms with Gasteiger partial charge in [-0.25, -0.2) is 9.18 Å². The molecular weight excluding hydrogens is 455 g/mol. The van der Waals surface area contributed by atoms with Crippen molar-refractivity contribution in [3.8, 4) is 0 Å². The van der Waals surface area contributed by atoms with E-state index in [-0.39, 0.29) is 12.4 Å². The molecule has 0 saturated heterocycles. The molecule has 4 rings (SSSR count). The number of thiophene rings is 1. The van der Waals surface area contributed by atoms with Gasteiger partial charge in [0.2, 0.25) is 0 Å². The number of aromatic nitrogens is 4. The van der Waals surface area contributed by atoms with Gasteiger partial charge in [-0.05, 0) is 54.1 Å². The lowest BCUT2D eigenvalue weighted by atomic mass is 10.1. The lowest BCUT2D eigenvalue weighted by molar-refractivity contribution is 0.0600. The highest BCUT2D eigenvalue weighted by Gasteiger charge is 2.15. The second-order valence-corrected chi connectivity index (χ2v) is 8.88. The van der Waals surface area contributed by atoms with E-state index < -0.39 is 5.97 Å². The second kappa shape index (κ2) is 11.1. The van der Waals surface area contributed by atoms with E-state index in [1.807, 2.05) is 11.4 Å². The number of carbonyl (C=O) groups is 1. The highest BCUT2D eigenvalue weighted by Crippen LogP contribution is 2.18. The number of halogens is 1. The van der Waals surface area contributed by atoms with E-state index in [9.17, 15) is 14.3 Å². The number of esters is 1. The number of aryl methyl sites for hydroxylation is 2. The van der Waals surface area contributed by atoms with E-state index in [4.69, 9.17) is 4.74 Å². The number of methoxy groups -OCH3 is 1. The molecule has 1 aromatic carbocycles. The molecule has 0 saturated carbocycles. The van der Waals surface area contributed by atoms with Gasteiger partial charge in [-0.3, -0.25) is 4.98 Å². The molecule has 3 aromatic heterocycles. The summed E-state index contributed by atoms with van der Waals surface area (Å²) in [5, 5.41) is 20.4. The van der Waals surface area contributed by atoms with E-state index in [0.717, 1.165) is 23.6 Å². The Kier molecular flexibility index (Phi) is 7.76. The van der Waals surface area contributed by atoms with Crippen LogP contribution in [0.2, 0.25) is 0 Å². The zero-order valence-corrected chi connectivity index (χ0v) is 19.6. The van der Waals surface area contributed by atoms with Crippen molar-refractivity contribution in [3.05, 3.63) is 98.8 Å². The fourth-order valence-electron chi connectivity index (χ4n) is 3.73. The highest BCUT2D eigenvalue weighted by atomic mass is 32.1. The van der Waals surface area contributed by atoms with Crippen molar-refractivity contribution in [1.29, 1.82) is 0 Å². The minimum atomic E-state index is -0.462. The summed E-state index contributed by atoms with van der Waals surface area (Å²) in [4.78, 5) is 17.5. The molecule has 3 heterocycles. The molecule has 7 nitrogen and oxygen atoms in total. The van der Waals surface area contributed by atoms with Gasteiger partial charge in [0.25, 0.3) is 0 Å². The Morgan fingerprint density at radius 3 is 2.56 bits per heavy atom. The fraction of sp³-hybridized carbons (Fsp3) is 0.280. The SMILES string of the molecule is COC(=O)c1cc(CO)nc(CCCc2nnc(Cc3cccs3)n2Cc2ccc(F)cc2)c1. The van der Waals surface area contributed by atoms with Crippen molar-refractivity contribution in [3.63, 3.8) is 0 Å². The van der Waals surface area contributed by atoms with Gasteiger partial charge in [-0.2, -0.15) is 0 Å². The van der Waals surface area contributed by atoms with E-state index in [1.54, 1.807) is 29.5 Å². The third kappa shape index (κ3) is 5.92. The van der Waals surface area contributed by atoms with Gasteiger partial charge < -0.3 is 14.4 Å². The molecule has 0 spiro atoms. The van der Waals surface area contributed by atoms with Gasteiger partial charge >= 0.3 is 5.97 Å². The number of nitrogens with zero attached hydrogens (tertiary/aromatic N) is 4. The summed E-state index contributed by atoms with van der Waals surface area (Å²) in [7, 11) is 1.32. The maximum Gasteiger partial charge on any atom is 0.337 e. The summed E-state index contributed by atoms with van der Waals surface area (Å²) >= 11 is 1.67. The Labute approximate surface area is 200 Å². The molecule has 0 unspecified atom stereocenters. The van der Waals surface area contributed by atoms with E-state index in [0.29, 0.717) is 42.8 Å². The first-order valence-corrected chi connectivity index (χ1v) is 11.8. The van der Waals surface area contributed by atoms with Crippen molar-refractivity contribution in [2.45, 2.75) is 38.8 Å². The smallest absolute Gasteiger partial charge is 0.337 e. The first-order valence-electron chi connectivity index (χ1n) is 10.9. The van der Waals surface area contributed by atoms with Gasteiger partial charge in [-0.1, -0.05) is 18.2 Å². The predicted molar refractivity (Wildman–Crippen MR) is 126 cm³/mol. The van der Waals surface area contributed by atoms with Crippen LogP contribution >= 0.6 is 11.3 Å². The number of aliphatic hydroxyl groups is 1. The number of rotatable bonds is 10. The zero-order chi connectivity index (χ0) is 23.9. The lowest BCUT2D eigenvalue weighted by Crippen LogP contribution is -2.10. The van der Waals surface area contributed by atoms with Gasteiger partial charge in [0.05, 0.1) is 31.5 Å². The molecule has 34 heavy (non-hydrogen) atoms. The van der Waals surface area contributed by atoms with Crippen LogP contribution in [0.25, 0.3) is 0 Å². The molecule has 0 fully saturated rings. The van der Waals surface area contributed by atoms with Crippen LogP contribution in [-0.2, 0) is 37.2 Å². The average Bonchev–Trinajstić information content (AvgIpc) is 3.50. The van der Waals surface area contributed by atoms with Crippen LogP contribution in [0.5, 0.6) is 0 Å². The van der Waals surface area contributed by atoms with Gasteiger partial charge in [0.1, 0.15) is 17.5 Å². The molecule has 9 heteroatoms. The predicted octanol–water partition coefficient (Wildman–Crippen LogP) is 3.97. The van der Waals surface area contributed by atoms with Crippen molar-refractivity contribution < 1.29 is 19.0 Å². The lowest BCUT2D eigenvalue weighted by Gasteiger charge is -2.11. The molecule has 0 aliphatic rings. The van der Waals surface area contributed by atoms with Crippen molar-refractivity contribution >= 4 is 17.3 Å². The summed E-state index contributed by atoms with van der Waals surface area (Å²) < 4.78 is 20.3. The van der Waals surface area contributed by atoms with Crippen LogP contribution < -0.4 is 0 Å². The largest absolute Gasteiger partial charge is 0.465 e. The first kappa shape index (κ1) is 23.7. The van der Waals surface area contributed by atoms with Crippen LogP contribution in [-0.4, -0.2) is 37.9 Å². The summed E-state index contributed by atoms with van der Waals surface area (Å²) in [6.07, 6.45) is 2.65. The monoisotopic (exact) mass is 480 g/mol. The van der Waals surface area contributed by atoms with Crippen LogP contribution in [0.1, 0.15) is 50.3 Å². The first-order chi connectivity index (χ1) is 16.6. The molecule has 0 bridgehead atoms. The maximum atomic E-state index is 13.4. The number of pyridine rings is 1. The number of carbonyl (C=O) groups excluding carboxylic acids is 1. The molecule has 1 N–H and O–H groups in total. The van der Waals surface area contributed by atoms with Crippen LogP contribution in [0.15, 0.2) is 53.9 Å². The molecule has 0 amide bonds. The molecule has 4 aromatic rings. The van der Waals surface area contributed by atoms with E-state index >= 15 is 0 Å². The van der Waals surface area contributed by atoms with Crippen LogP contribution in [0.3, 0.4) is 0 Å². The molecule has 0 radical (unpaired) electrons. The third-order valence-electron chi connectivity index (χ3n) is 5.42. The average molecular weight is 481 g/mol. The number of hydrogen-bond acceptors (Lipinski definition) is 7. The highest BCUT2D eigenvalue weighted by molar-refractivity contribution is 7.09. The molecule has 0 atom stereocenters. The standard InChI is InChI=1S/C25H25FN4O3S/c1-33-25(32)18-12-20(27-21(13-18)16-31)4-2-6-23-28-29-24(14-22-5-3-11-34-22)30(23)15-17-7-9-19(26)10-8-17/h3,5,7-13,31H,2,4,6,14-16H2,1H3. The fourth-order valence-corrected chi connectivity index (χ4v) is 4.44. The quantitative estimate of drug-likeness (QED) is 0.346. The van der Waals surface area contributed by atoms with Gasteiger partial charge in [-0.15, -0.1) is 21.5 Å². The summed E-state index contributed by atoms with van der Waals surface area (Å²) in [5.41, 5.74) is 2.47. The summed E-state index contributed by atoms with van der Waals surface area (Å²) in [6, 6.07) is 13.8. The topological polar surface area (TPSA) is 90.1 Å². The second-order valence-electron chi connectivity index (χ2n) is 7.84. The van der Waals surface area contributed by atoms with E-state index in [1.165, 1.54) is 30.2 Å². The van der Waals surface area contributed by atoms with Gasteiger partial charge in [0, 0.05) is 23.4 Å². The van der Waals surface area contributed by atoms with E-state index in [2.05, 4.69) is 25.8 Å². The molecule has 176 valence electrons. The van der Waals surface area contributed by atoms with Crippen molar-refractivity contribution in [2.24, 2.45) is 0 Å². The normalized spacial score (nSPS) is 11.0. The number of benzene rings is 1. The Bertz CT molecular complexity index is 1240. The number of aliphatic hydroxyl groups excluding tert-OH is 1. The van der Waals surface area contributed by atoms with Gasteiger partial charge in [0.15, 0.2) is 0 Å². The van der Waals surface area contributed by atoms with Crippen molar-refractivity contribution in [1.82, 2.24) is 19.7 Å². The Morgan fingerprint density at radius 1 is 1.09 bits per heavy atom. The van der Waals surface area contributed by atoms with Crippen molar-refractivity contribution in [2.75, 3.05) is 7.11 Å². The molecule has 0 aliphatic heterocycles. The minimum Gasteiger partial charge on any atom is -0.465 e. The number of ether oxygens (including phenoxy) is 1. The third-order valence-corrected chi connectivity index (χ3v) is 6.29. The number of hydrogen-bond donors (Lipinski definition) is 1. The van der Waals surface area contributed by atoms with Crippen LogP contribution in [0.4, 0.5) is 4.39 Å². The maximum absolute atomic E-state index is 13.4. The summed E-state index contributed by atoms with van der Waals surface area (Å²) in [5.74, 6) is 0.962.